The zero-order valence-corrected chi connectivity index (χ0v) is 12.7. The molecule has 1 N–H and O–H groups in total. The molecule has 1 amide bonds. The molecule has 2 aromatic rings. The molecule has 0 radical (unpaired) electrons. The molecule has 0 aliphatic carbocycles. The highest BCUT2D eigenvalue weighted by molar-refractivity contribution is 7.99. The van der Waals surface area contributed by atoms with E-state index in [0.29, 0.717) is 33.8 Å². The number of carbonyl (C=O) groups excluding carboxylic acids is 1. The number of amides is 1. The summed E-state index contributed by atoms with van der Waals surface area (Å²) in [4.78, 5) is 12.6. The largest absolute Gasteiger partial charge is 0.485 e. The fraction of sp³-hybridized carbons (Fsp3) is 0.188. The minimum Gasteiger partial charge on any atom is -0.485 e. The van der Waals surface area contributed by atoms with E-state index in [9.17, 15) is 13.6 Å². The van der Waals surface area contributed by atoms with Gasteiger partial charge >= 0.3 is 0 Å². The van der Waals surface area contributed by atoms with Crippen molar-refractivity contribution in [2.24, 2.45) is 0 Å². The van der Waals surface area contributed by atoms with Gasteiger partial charge in [-0.15, -0.1) is 0 Å². The van der Waals surface area contributed by atoms with Crippen LogP contribution < -0.4 is 14.8 Å². The average molecular weight is 337 g/mol. The fourth-order valence-electron chi connectivity index (χ4n) is 2.09. The maximum Gasteiger partial charge on any atom is 0.288 e. The van der Waals surface area contributed by atoms with Crippen LogP contribution >= 0.6 is 11.8 Å². The number of ether oxygens (including phenoxy) is 2. The molecule has 1 atom stereocenters. The van der Waals surface area contributed by atoms with E-state index in [-0.39, 0.29) is 12.5 Å². The number of thioether (sulfide) groups is 1. The van der Waals surface area contributed by atoms with Crippen LogP contribution in [0.4, 0.5) is 14.5 Å². The van der Waals surface area contributed by atoms with Crippen molar-refractivity contribution in [1.29, 1.82) is 0 Å². The molecule has 23 heavy (non-hydrogen) atoms. The van der Waals surface area contributed by atoms with Crippen molar-refractivity contribution in [3.8, 4) is 11.5 Å². The maximum atomic E-state index is 12.3. The van der Waals surface area contributed by atoms with Crippen molar-refractivity contribution in [2.45, 2.75) is 16.8 Å². The summed E-state index contributed by atoms with van der Waals surface area (Å²) in [6.07, 6.45) is -0.764. The lowest BCUT2D eigenvalue weighted by Gasteiger charge is -2.25. The van der Waals surface area contributed by atoms with Crippen molar-refractivity contribution in [3.63, 3.8) is 0 Å². The first-order valence-electron chi connectivity index (χ1n) is 6.86. The topological polar surface area (TPSA) is 47.6 Å². The van der Waals surface area contributed by atoms with Gasteiger partial charge in [-0.1, -0.05) is 23.9 Å². The van der Waals surface area contributed by atoms with Gasteiger partial charge in [0.05, 0.1) is 0 Å². The van der Waals surface area contributed by atoms with Crippen LogP contribution in [-0.2, 0) is 4.79 Å². The van der Waals surface area contributed by atoms with Crippen LogP contribution in [0, 0.1) is 0 Å². The first-order valence-corrected chi connectivity index (χ1v) is 7.74. The van der Waals surface area contributed by atoms with Gasteiger partial charge in [0, 0.05) is 10.6 Å². The molecule has 1 heterocycles. The van der Waals surface area contributed by atoms with Crippen LogP contribution in [0.2, 0.25) is 0 Å². The number of nitrogens with one attached hydrogen (secondary N) is 1. The average Bonchev–Trinajstić information content (AvgIpc) is 2.55. The van der Waals surface area contributed by atoms with E-state index in [4.69, 9.17) is 9.47 Å². The number of rotatable bonds is 4. The van der Waals surface area contributed by atoms with Crippen molar-refractivity contribution in [3.05, 3.63) is 48.5 Å². The maximum absolute atomic E-state index is 12.3. The Kier molecular flexibility index (Phi) is 4.66. The van der Waals surface area contributed by atoms with E-state index in [1.807, 2.05) is 6.07 Å². The molecule has 0 bridgehead atoms. The van der Waals surface area contributed by atoms with Gasteiger partial charge in [0.25, 0.3) is 11.7 Å². The summed E-state index contributed by atoms with van der Waals surface area (Å²) in [6, 6.07) is 13.3. The van der Waals surface area contributed by atoms with E-state index in [0.717, 1.165) is 0 Å². The number of carbonyl (C=O) groups is 1. The normalized spacial score (nSPS) is 16.2. The molecule has 0 fully saturated rings. The summed E-state index contributed by atoms with van der Waals surface area (Å²) >= 11 is 0.456. The van der Waals surface area contributed by atoms with Crippen molar-refractivity contribution < 1.29 is 23.0 Å². The Labute approximate surface area is 135 Å². The van der Waals surface area contributed by atoms with Gasteiger partial charge in [-0.05, 0) is 36.4 Å². The highest BCUT2D eigenvalue weighted by atomic mass is 32.2. The van der Waals surface area contributed by atoms with E-state index in [2.05, 4.69) is 5.32 Å². The summed E-state index contributed by atoms with van der Waals surface area (Å²) in [7, 11) is 0. The number of anilines is 1. The molecule has 120 valence electrons. The molecule has 2 aromatic carbocycles. The molecular formula is C16H13F2NO3S. The second-order valence-electron chi connectivity index (χ2n) is 4.76. The van der Waals surface area contributed by atoms with E-state index in [1.165, 1.54) is 12.1 Å². The molecule has 7 heteroatoms. The number of alkyl halides is 2. The monoisotopic (exact) mass is 337 g/mol. The van der Waals surface area contributed by atoms with Gasteiger partial charge in [0.1, 0.15) is 6.61 Å². The Morgan fingerprint density at radius 2 is 1.83 bits per heavy atom. The minimum absolute atomic E-state index is 0.113. The van der Waals surface area contributed by atoms with Gasteiger partial charge in [-0.25, -0.2) is 0 Å². The number of benzene rings is 2. The lowest BCUT2D eigenvalue weighted by Crippen LogP contribution is -2.40. The number of halogens is 2. The second kappa shape index (κ2) is 6.87. The lowest BCUT2D eigenvalue weighted by atomic mass is 10.2. The number of hydrogen-bond acceptors (Lipinski definition) is 4. The predicted molar refractivity (Wildman–Crippen MR) is 83.3 cm³/mol. The smallest absolute Gasteiger partial charge is 0.288 e. The Balaban J connectivity index is 1.61. The molecule has 4 nitrogen and oxygen atoms in total. The van der Waals surface area contributed by atoms with Crippen molar-refractivity contribution in [2.75, 3.05) is 11.9 Å². The van der Waals surface area contributed by atoms with Crippen molar-refractivity contribution in [1.82, 2.24) is 0 Å². The summed E-state index contributed by atoms with van der Waals surface area (Å²) in [5.41, 5.74) is 0.510. The van der Waals surface area contributed by atoms with Crippen LogP contribution in [0.1, 0.15) is 0 Å². The molecular weight excluding hydrogens is 324 g/mol. The van der Waals surface area contributed by atoms with Crippen LogP contribution in [-0.4, -0.2) is 24.4 Å². The molecule has 1 aliphatic rings. The molecule has 0 saturated carbocycles. The number of para-hydroxylation sites is 2. The van der Waals surface area contributed by atoms with Gasteiger partial charge < -0.3 is 14.8 Å². The summed E-state index contributed by atoms with van der Waals surface area (Å²) in [5.74, 6) is -1.70. The summed E-state index contributed by atoms with van der Waals surface area (Å²) < 4.78 is 35.6. The second-order valence-corrected chi connectivity index (χ2v) is 5.82. The van der Waals surface area contributed by atoms with Gasteiger partial charge in [-0.3, -0.25) is 4.79 Å². The number of fused-ring (bicyclic) bond motifs is 1. The Morgan fingerprint density at radius 3 is 2.52 bits per heavy atom. The highest BCUT2D eigenvalue weighted by Crippen LogP contribution is 2.31. The third-order valence-corrected chi connectivity index (χ3v) is 3.87. The lowest BCUT2D eigenvalue weighted by molar-refractivity contribution is -0.125. The van der Waals surface area contributed by atoms with Crippen LogP contribution in [0.3, 0.4) is 0 Å². The summed E-state index contributed by atoms with van der Waals surface area (Å²) in [6.45, 7) is 0.113. The Bertz CT molecular complexity index is 694. The fourth-order valence-corrected chi connectivity index (χ4v) is 2.59. The van der Waals surface area contributed by atoms with Crippen LogP contribution in [0.15, 0.2) is 53.4 Å². The highest BCUT2D eigenvalue weighted by Gasteiger charge is 2.27. The third kappa shape index (κ3) is 3.92. The van der Waals surface area contributed by atoms with Crippen molar-refractivity contribution >= 4 is 23.4 Å². The van der Waals surface area contributed by atoms with Gasteiger partial charge in [0.2, 0.25) is 6.10 Å². The van der Waals surface area contributed by atoms with Gasteiger partial charge in [0.15, 0.2) is 11.5 Å². The van der Waals surface area contributed by atoms with Crippen LogP contribution in [0.25, 0.3) is 0 Å². The zero-order valence-electron chi connectivity index (χ0n) is 11.9. The van der Waals surface area contributed by atoms with Crippen LogP contribution in [0.5, 0.6) is 11.5 Å². The van der Waals surface area contributed by atoms with Gasteiger partial charge in [-0.2, -0.15) is 8.78 Å². The molecule has 0 aromatic heterocycles. The first-order chi connectivity index (χ1) is 11.1. The molecule has 0 saturated heterocycles. The molecule has 0 spiro atoms. The Morgan fingerprint density at radius 1 is 1.13 bits per heavy atom. The number of hydrogen-bond donors (Lipinski definition) is 1. The molecule has 1 aliphatic heterocycles. The zero-order chi connectivity index (χ0) is 16.2. The first kappa shape index (κ1) is 15.6. The SMILES string of the molecule is O=C(Nc1ccc(SC(F)F)cc1)[C@@H]1COc2ccccc2O1. The third-order valence-electron chi connectivity index (χ3n) is 3.15. The summed E-state index contributed by atoms with van der Waals surface area (Å²) in [5, 5.41) is 2.68. The minimum atomic E-state index is -2.47. The van der Waals surface area contributed by atoms with E-state index < -0.39 is 11.9 Å². The molecule has 3 rings (SSSR count). The van der Waals surface area contributed by atoms with E-state index in [1.54, 1.807) is 30.3 Å². The predicted octanol–water partition coefficient (Wildman–Crippen LogP) is 3.78. The van der Waals surface area contributed by atoms with E-state index >= 15 is 0 Å². The standard InChI is InChI=1S/C16H13F2NO3S/c17-16(18)23-11-7-5-10(6-8-11)19-15(20)14-9-21-12-3-1-2-4-13(12)22-14/h1-8,14,16H,9H2,(H,19,20)/t14-/m0/s1. The molecule has 0 unspecified atom stereocenters. The quantitative estimate of drug-likeness (QED) is 0.863. The Hall–Kier alpha value is -2.28.